The smallest absolute Gasteiger partial charge is 0.249 e. The van der Waals surface area contributed by atoms with Crippen LogP contribution in [0.1, 0.15) is 87.5 Å². The van der Waals surface area contributed by atoms with E-state index < -0.39 is 48.7 Å². The van der Waals surface area contributed by atoms with Crippen molar-refractivity contribution in [3.63, 3.8) is 0 Å². The maximum Gasteiger partial charge on any atom is 0.249 e. The number of likely N-dealkylation sites (tertiary alicyclic amines) is 2. The van der Waals surface area contributed by atoms with Crippen LogP contribution in [-0.2, 0) is 19.2 Å². The van der Waals surface area contributed by atoms with E-state index in [-0.39, 0.29) is 35.7 Å². The molecule has 2 aliphatic heterocycles. The number of amides is 4. The summed E-state index contributed by atoms with van der Waals surface area (Å²) in [6.45, 7) is 16.1. The normalized spacial score (nSPS) is 21.7. The van der Waals surface area contributed by atoms with E-state index in [0.29, 0.717) is 25.0 Å². The van der Waals surface area contributed by atoms with E-state index in [1.807, 2.05) is 34.6 Å². The monoisotopic (exact) mass is 607 g/mol. The predicted octanol–water partition coefficient (Wildman–Crippen LogP) is 1.67. The van der Waals surface area contributed by atoms with Gasteiger partial charge in [-0.05, 0) is 64.3 Å². The van der Waals surface area contributed by atoms with Crippen LogP contribution in [0.15, 0.2) is 11.6 Å². The lowest BCUT2D eigenvalue weighted by Gasteiger charge is -2.41. The number of carbonyl (C=O) groups excluding carboxylic acids is 4. The second-order valence-corrected chi connectivity index (χ2v) is 13.9. The van der Waals surface area contributed by atoms with Crippen molar-refractivity contribution in [2.24, 2.45) is 11.3 Å². The minimum atomic E-state index is -0.783. The van der Waals surface area contributed by atoms with Gasteiger partial charge in [-0.1, -0.05) is 47.1 Å². The molecule has 0 spiro atoms. The molecule has 0 radical (unpaired) electrons. The van der Waals surface area contributed by atoms with Crippen molar-refractivity contribution in [2.75, 3.05) is 33.4 Å². The van der Waals surface area contributed by atoms with E-state index in [1.54, 1.807) is 24.9 Å². The molecule has 2 heterocycles. The van der Waals surface area contributed by atoms with E-state index in [4.69, 9.17) is 0 Å². The average molecular weight is 608 g/mol. The van der Waals surface area contributed by atoms with Crippen LogP contribution in [0.3, 0.4) is 0 Å². The highest BCUT2D eigenvalue weighted by molar-refractivity contribution is 5.97. The highest BCUT2D eigenvalue weighted by Crippen LogP contribution is 2.27. The first-order chi connectivity index (χ1) is 20.0. The summed E-state index contributed by atoms with van der Waals surface area (Å²) in [4.78, 5) is 59.4. The van der Waals surface area contributed by atoms with Gasteiger partial charge < -0.3 is 30.6 Å². The number of hydrogen-bond acceptors (Lipinski definition) is 7. The molecule has 0 saturated carbocycles. The van der Waals surface area contributed by atoms with E-state index in [0.717, 1.165) is 25.8 Å². The third kappa shape index (κ3) is 9.49. The average Bonchev–Trinajstić information content (AvgIpc) is 3.45. The summed E-state index contributed by atoms with van der Waals surface area (Å²) in [5, 5.41) is 24.4. The van der Waals surface area contributed by atoms with Crippen molar-refractivity contribution in [3.8, 4) is 0 Å². The molecule has 246 valence electrons. The Hall–Kier alpha value is -2.50. The number of nitrogens with zero attached hydrogens (tertiary/aromatic N) is 3. The highest BCUT2D eigenvalue weighted by Gasteiger charge is 2.40. The summed E-state index contributed by atoms with van der Waals surface area (Å²) in [6, 6.07) is -2.71. The summed E-state index contributed by atoms with van der Waals surface area (Å²) < 4.78 is 0. The van der Waals surface area contributed by atoms with E-state index in [2.05, 4.69) is 29.4 Å². The number of likely N-dealkylation sites (N-methyl/N-ethyl adjacent to an activating group) is 1. The fraction of sp³-hybridized carbons (Fsp3) is 0.812. The van der Waals surface area contributed by atoms with Crippen molar-refractivity contribution in [2.45, 2.75) is 124 Å². The van der Waals surface area contributed by atoms with Crippen LogP contribution < -0.4 is 10.6 Å². The predicted molar refractivity (Wildman–Crippen MR) is 167 cm³/mol. The molecule has 0 aliphatic carbocycles. The second-order valence-electron chi connectivity index (χ2n) is 13.9. The highest BCUT2D eigenvalue weighted by atomic mass is 16.3. The van der Waals surface area contributed by atoms with Crippen LogP contribution in [0.5, 0.6) is 0 Å². The van der Waals surface area contributed by atoms with E-state index >= 15 is 0 Å². The zero-order chi connectivity index (χ0) is 32.6. The van der Waals surface area contributed by atoms with Crippen LogP contribution in [-0.4, -0.2) is 118 Å². The first-order valence-electron chi connectivity index (χ1n) is 15.9. The Morgan fingerprint density at radius 1 is 0.907 bits per heavy atom. The molecule has 0 unspecified atom stereocenters. The van der Waals surface area contributed by atoms with Crippen molar-refractivity contribution in [1.29, 1.82) is 0 Å². The SMILES string of the molecule is C/C(=C\[C@H](C(C)C)N(C)C(=O)[C@@H](NC(=O)[C@H]1CCCCN1C(C)C)C(C)(C)C)C(=O)N1CCC[C@H]1C(=O)NC(CO)CO. The molecule has 0 aromatic carbocycles. The lowest BCUT2D eigenvalue weighted by atomic mass is 9.84. The van der Waals surface area contributed by atoms with Gasteiger partial charge in [0.2, 0.25) is 23.6 Å². The third-order valence-electron chi connectivity index (χ3n) is 8.75. The Morgan fingerprint density at radius 3 is 2.02 bits per heavy atom. The maximum absolute atomic E-state index is 14.1. The molecule has 0 aromatic rings. The van der Waals surface area contributed by atoms with Gasteiger partial charge in [-0.3, -0.25) is 24.1 Å². The van der Waals surface area contributed by atoms with E-state index in [1.165, 1.54) is 4.90 Å². The number of hydrogen-bond donors (Lipinski definition) is 4. The van der Waals surface area contributed by atoms with Gasteiger partial charge in [0.1, 0.15) is 12.1 Å². The number of nitrogens with one attached hydrogen (secondary N) is 2. The van der Waals surface area contributed by atoms with Crippen LogP contribution in [0.25, 0.3) is 0 Å². The van der Waals surface area contributed by atoms with Gasteiger partial charge in [-0.15, -0.1) is 0 Å². The molecule has 11 nitrogen and oxygen atoms in total. The minimum absolute atomic E-state index is 0.0321. The number of aliphatic hydroxyl groups is 2. The molecule has 2 saturated heterocycles. The van der Waals surface area contributed by atoms with Crippen LogP contribution >= 0.6 is 0 Å². The Kier molecular flexibility index (Phi) is 13.6. The largest absolute Gasteiger partial charge is 0.394 e. The summed E-state index contributed by atoms with van der Waals surface area (Å²) >= 11 is 0. The molecule has 0 aromatic heterocycles. The molecule has 2 aliphatic rings. The van der Waals surface area contributed by atoms with Crippen molar-refractivity contribution in [3.05, 3.63) is 11.6 Å². The summed E-state index contributed by atoms with van der Waals surface area (Å²) in [5.41, 5.74) is -0.129. The van der Waals surface area contributed by atoms with Gasteiger partial charge in [-0.2, -0.15) is 0 Å². The lowest BCUT2D eigenvalue weighted by Crippen LogP contribution is -2.60. The molecule has 2 fully saturated rings. The van der Waals surface area contributed by atoms with Gasteiger partial charge >= 0.3 is 0 Å². The summed E-state index contributed by atoms with van der Waals surface area (Å²) in [6.07, 6.45) is 5.73. The first-order valence-corrected chi connectivity index (χ1v) is 15.9. The molecular formula is C32H57N5O6. The zero-order valence-corrected chi connectivity index (χ0v) is 27.9. The molecular weight excluding hydrogens is 550 g/mol. The van der Waals surface area contributed by atoms with Gasteiger partial charge in [0.05, 0.1) is 31.3 Å². The topological polar surface area (TPSA) is 143 Å². The molecule has 43 heavy (non-hydrogen) atoms. The first kappa shape index (κ1) is 36.7. The number of rotatable bonds is 12. The van der Waals surface area contributed by atoms with E-state index in [9.17, 15) is 29.4 Å². The van der Waals surface area contributed by atoms with Crippen molar-refractivity contribution >= 4 is 23.6 Å². The molecule has 4 atom stereocenters. The van der Waals surface area contributed by atoms with Crippen molar-refractivity contribution < 1.29 is 29.4 Å². The maximum atomic E-state index is 14.1. The Balaban J connectivity index is 2.26. The molecule has 4 N–H and O–H groups in total. The third-order valence-corrected chi connectivity index (χ3v) is 8.75. The molecule has 0 bridgehead atoms. The second kappa shape index (κ2) is 16.0. The quantitative estimate of drug-likeness (QED) is 0.247. The van der Waals surface area contributed by atoms with Crippen LogP contribution in [0.2, 0.25) is 0 Å². The Bertz CT molecular complexity index is 1000. The number of piperidine rings is 1. The van der Waals surface area contributed by atoms with Gasteiger partial charge in [0.25, 0.3) is 0 Å². The zero-order valence-electron chi connectivity index (χ0n) is 27.9. The van der Waals surface area contributed by atoms with Crippen LogP contribution in [0, 0.1) is 11.3 Å². The molecule has 4 amide bonds. The Labute approximate surface area is 258 Å². The van der Waals surface area contributed by atoms with Gasteiger partial charge in [-0.25, -0.2) is 0 Å². The summed E-state index contributed by atoms with van der Waals surface area (Å²) in [5.74, 6) is -1.07. The van der Waals surface area contributed by atoms with Gasteiger partial charge in [0.15, 0.2) is 0 Å². The fourth-order valence-electron chi connectivity index (χ4n) is 6.13. The van der Waals surface area contributed by atoms with Crippen molar-refractivity contribution in [1.82, 2.24) is 25.3 Å². The number of aliphatic hydroxyl groups excluding tert-OH is 2. The number of carbonyl (C=O) groups is 4. The fourth-order valence-corrected chi connectivity index (χ4v) is 6.13. The Morgan fingerprint density at radius 2 is 1.49 bits per heavy atom. The minimum Gasteiger partial charge on any atom is -0.394 e. The molecule has 2 rings (SSSR count). The lowest BCUT2D eigenvalue weighted by molar-refractivity contribution is -0.142. The summed E-state index contributed by atoms with van der Waals surface area (Å²) in [7, 11) is 1.71. The van der Waals surface area contributed by atoms with Gasteiger partial charge in [0, 0.05) is 25.2 Å². The molecule has 11 heteroatoms. The van der Waals surface area contributed by atoms with Crippen LogP contribution in [0.4, 0.5) is 0 Å². The standard InChI is InChI=1S/C32H57N5O6/c1-20(2)26(17-22(5)30(42)37-16-12-14-25(37)28(40)33-23(18-38)19-39)35(9)31(43)27(32(6,7)8)34-29(41)24-13-10-11-15-36(24)21(3)4/h17,20-21,23-27,38-39H,10-16,18-19H2,1-9H3,(H,33,40)(H,34,41)/b22-17+/t24-,25+,26-,27-/m1/s1.